The fourth-order valence-corrected chi connectivity index (χ4v) is 3.50. The number of aliphatic hydroxyl groups excluding tert-OH is 1. The molecule has 7 heteroatoms. The minimum atomic E-state index is 0.108. The van der Waals surface area contributed by atoms with Gasteiger partial charge in [-0.2, -0.15) is 5.10 Å². The van der Waals surface area contributed by atoms with E-state index >= 15 is 0 Å². The van der Waals surface area contributed by atoms with Crippen LogP contribution in [0.3, 0.4) is 0 Å². The number of aryl methyl sites for hydroxylation is 1. The Morgan fingerprint density at radius 2 is 2.21 bits per heavy atom. The van der Waals surface area contributed by atoms with Gasteiger partial charge in [-0.3, -0.25) is 0 Å². The van der Waals surface area contributed by atoms with Crippen LogP contribution in [0.15, 0.2) is 30.5 Å². The van der Waals surface area contributed by atoms with Gasteiger partial charge in [0.1, 0.15) is 11.6 Å². The molecule has 1 aliphatic heterocycles. The molecule has 0 radical (unpaired) electrons. The Hall–Kier alpha value is -2.18. The maximum Gasteiger partial charge on any atom is 0.168 e. The molecule has 1 atom stereocenters. The largest absolute Gasteiger partial charge is 0.394 e. The summed E-state index contributed by atoms with van der Waals surface area (Å²) < 4.78 is 1.78. The summed E-state index contributed by atoms with van der Waals surface area (Å²) in [6.45, 7) is 2.90. The second kappa shape index (κ2) is 6.03. The first-order valence-electron chi connectivity index (χ1n) is 8.03. The third-order valence-corrected chi connectivity index (χ3v) is 4.67. The van der Waals surface area contributed by atoms with E-state index in [9.17, 15) is 5.11 Å². The number of anilines is 1. The van der Waals surface area contributed by atoms with Crippen LogP contribution >= 0.6 is 11.6 Å². The molecule has 1 saturated heterocycles. The quantitative estimate of drug-likeness (QED) is 0.792. The molecule has 1 N–H and O–H groups in total. The topological polar surface area (TPSA) is 67.1 Å². The van der Waals surface area contributed by atoms with Gasteiger partial charge in [-0.05, 0) is 38.0 Å². The van der Waals surface area contributed by atoms with Crippen molar-refractivity contribution in [3.05, 3.63) is 41.3 Å². The van der Waals surface area contributed by atoms with Crippen molar-refractivity contribution in [3.8, 4) is 5.69 Å². The summed E-state index contributed by atoms with van der Waals surface area (Å²) in [4.78, 5) is 11.4. The van der Waals surface area contributed by atoms with Crippen LogP contribution in [-0.4, -0.2) is 44.0 Å². The standard InChI is InChI=1S/C17H18ClN5O/c1-11-20-16(22-7-3-6-14(22)10-24)15-9-19-23(17(15)21-11)13-5-2-4-12(18)8-13/h2,4-5,8-9,14,24H,3,6-7,10H2,1H3/t14-/m0/s1. The van der Waals surface area contributed by atoms with E-state index in [0.29, 0.717) is 10.8 Å². The van der Waals surface area contributed by atoms with Gasteiger partial charge < -0.3 is 10.0 Å². The van der Waals surface area contributed by atoms with Crippen LogP contribution in [0.1, 0.15) is 18.7 Å². The molecule has 0 bridgehead atoms. The average molecular weight is 344 g/mol. The number of aromatic nitrogens is 4. The zero-order valence-electron chi connectivity index (χ0n) is 13.4. The summed E-state index contributed by atoms with van der Waals surface area (Å²) >= 11 is 6.11. The monoisotopic (exact) mass is 343 g/mol. The van der Waals surface area contributed by atoms with Gasteiger partial charge in [-0.25, -0.2) is 14.6 Å². The van der Waals surface area contributed by atoms with Crippen molar-refractivity contribution >= 4 is 28.5 Å². The van der Waals surface area contributed by atoms with Crippen LogP contribution in [0.5, 0.6) is 0 Å². The average Bonchev–Trinajstić information content (AvgIpc) is 3.20. The van der Waals surface area contributed by atoms with Crippen LogP contribution in [0.2, 0.25) is 5.02 Å². The van der Waals surface area contributed by atoms with E-state index in [2.05, 4.69) is 20.0 Å². The number of hydrogen-bond acceptors (Lipinski definition) is 5. The van der Waals surface area contributed by atoms with E-state index in [-0.39, 0.29) is 12.6 Å². The molecule has 0 spiro atoms. The molecule has 3 heterocycles. The zero-order chi connectivity index (χ0) is 16.7. The van der Waals surface area contributed by atoms with Crippen molar-refractivity contribution in [2.24, 2.45) is 0 Å². The van der Waals surface area contributed by atoms with Crippen molar-refractivity contribution in [2.45, 2.75) is 25.8 Å². The molecular weight excluding hydrogens is 326 g/mol. The van der Waals surface area contributed by atoms with E-state index in [1.807, 2.05) is 31.2 Å². The van der Waals surface area contributed by atoms with Gasteiger partial charge in [-0.1, -0.05) is 17.7 Å². The van der Waals surface area contributed by atoms with E-state index < -0.39 is 0 Å². The fraction of sp³-hybridized carbons (Fsp3) is 0.353. The number of benzene rings is 1. The lowest BCUT2D eigenvalue weighted by molar-refractivity contribution is 0.266. The van der Waals surface area contributed by atoms with E-state index in [0.717, 1.165) is 41.9 Å². The summed E-state index contributed by atoms with van der Waals surface area (Å²) in [5.41, 5.74) is 1.62. The molecule has 3 aromatic rings. The Balaban J connectivity index is 1.89. The molecule has 124 valence electrons. The van der Waals surface area contributed by atoms with Crippen LogP contribution in [0, 0.1) is 6.92 Å². The van der Waals surface area contributed by atoms with Gasteiger partial charge in [0.25, 0.3) is 0 Å². The predicted molar refractivity (Wildman–Crippen MR) is 93.9 cm³/mol. The third-order valence-electron chi connectivity index (χ3n) is 4.43. The summed E-state index contributed by atoms with van der Waals surface area (Å²) in [5, 5.41) is 15.7. The molecule has 24 heavy (non-hydrogen) atoms. The number of aliphatic hydroxyl groups is 1. The van der Waals surface area contributed by atoms with Crippen molar-refractivity contribution in [1.82, 2.24) is 19.7 Å². The van der Waals surface area contributed by atoms with Gasteiger partial charge in [0, 0.05) is 11.6 Å². The molecule has 1 fully saturated rings. The third kappa shape index (κ3) is 2.52. The SMILES string of the molecule is Cc1nc(N2CCC[C@H]2CO)c2cnn(-c3cccc(Cl)c3)c2n1. The molecule has 1 aliphatic rings. The summed E-state index contributed by atoms with van der Waals surface area (Å²) in [7, 11) is 0. The maximum atomic E-state index is 9.63. The highest BCUT2D eigenvalue weighted by molar-refractivity contribution is 6.30. The summed E-state index contributed by atoms with van der Waals surface area (Å²) in [5.74, 6) is 1.53. The summed E-state index contributed by atoms with van der Waals surface area (Å²) in [6.07, 6.45) is 3.82. The maximum absolute atomic E-state index is 9.63. The second-order valence-corrected chi connectivity index (χ2v) is 6.48. The minimum Gasteiger partial charge on any atom is -0.394 e. The molecule has 2 aromatic heterocycles. The van der Waals surface area contributed by atoms with E-state index in [1.54, 1.807) is 10.9 Å². The summed E-state index contributed by atoms with van der Waals surface area (Å²) in [6, 6.07) is 7.64. The number of hydrogen-bond donors (Lipinski definition) is 1. The van der Waals surface area contributed by atoms with Gasteiger partial charge in [0.2, 0.25) is 0 Å². The fourth-order valence-electron chi connectivity index (χ4n) is 3.32. The lowest BCUT2D eigenvalue weighted by Gasteiger charge is -2.24. The van der Waals surface area contributed by atoms with Gasteiger partial charge in [-0.15, -0.1) is 0 Å². The molecule has 6 nitrogen and oxygen atoms in total. The van der Waals surface area contributed by atoms with Crippen LogP contribution < -0.4 is 4.90 Å². The van der Waals surface area contributed by atoms with Gasteiger partial charge >= 0.3 is 0 Å². The highest BCUT2D eigenvalue weighted by atomic mass is 35.5. The number of rotatable bonds is 3. The normalized spacial score (nSPS) is 17.8. The lowest BCUT2D eigenvalue weighted by Crippen LogP contribution is -2.33. The van der Waals surface area contributed by atoms with E-state index in [4.69, 9.17) is 11.6 Å². The lowest BCUT2D eigenvalue weighted by atomic mass is 10.2. The van der Waals surface area contributed by atoms with Crippen molar-refractivity contribution < 1.29 is 5.11 Å². The van der Waals surface area contributed by atoms with Gasteiger partial charge in [0.05, 0.1) is 29.9 Å². The first-order valence-corrected chi connectivity index (χ1v) is 8.41. The Morgan fingerprint density at radius 3 is 3.00 bits per heavy atom. The number of nitrogens with zero attached hydrogens (tertiary/aromatic N) is 5. The van der Waals surface area contributed by atoms with Gasteiger partial charge in [0.15, 0.2) is 5.65 Å². The molecule has 1 aromatic carbocycles. The first kappa shape index (κ1) is 15.4. The molecule has 0 saturated carbocycles. The molecule has 0 amide bonds. The minimum absolute atomic E-state index is 0.108. The van der Waals surface area contributed by atoms with Crippen LogP contribution in [0.4, 0.5) is 5.82 Å². The Morgan fingerprint density at radius 1 is 1.33 bits per heavy atom. The number of halogens is 1. The predicted octanol–water partition coefficient (Wildman–Crippen LogP) is 2.74. The zero-order valence-corrected chi connectivity index (χ0v) is 14.1. The van der Waals surface area contributed by atoms with Crippen LogP contribution in [0.25, 0.3) is 16.7 Å². The molecule has 0 aliphatic carbocycles. The van der Waals surface area contributed by atoms with E-state index in [1.165, 1.54) is 0 Å². The molecule has 4 rings (SSSR count). The second-order valence-electron chi connectivity index (χ2n) is 6.04. The molecule has 0 unspecified atom stereocenters. The van der Waals surface area contributed by atoms with Crippen molar-refractivity contribution in [3.63, 3.8) is 0 Å². The Labute approximate surface area is 144 Å². The Bertz CT molecular complexity index is 894. The highest BCUT2D eigenvalue weighted by Gasteiger charge is 2.27. The highest BCUT2D eigenvalue weighted by Crippen LogP contribution is 2.31. The Kier molecular flexibility index (Phi) is 3.86. The number of fused-ring (bicyclic) bond motifs is 1. The first-order chi connectivity index (χ1) is 11.7. The van der Waals surface area contributed by atoms with Crippen LogP contribution in [-0.2, 0) is 0 Å². The smallest absolute Gasteiger partial charge is 0.168 e. The van der Waals surface area contributed by atoms with Crippen molar-refractivity contribution in [1.29, 1.82) is 0 Å². The van der Waals surface area contributed by atoms with Crippen molar-refractivity contribution in [2.75, 3.05) is 18.1 Å². The molecular formula is C17H18ClN5O.